The zero-order chi connectivity index (χ0) is 13.2. The molecule has 1 aromatic rings. The first kappa shape index (κ1) is 12.7. The van der Waals surface area contributed by atoms with Crippen molar-refractivity contribution < 1.29 is 14.6 Å². The van der Waals surface area contributed by atoms with Crippen molar-refractivity contribution in [3.63, 3.8) is 0 Å². The number of aromatic carboxylic acids is 1. The van der Waals surface area contributed by atoms with Crippen molar-refractivity contribution in [1.82, 2.24) is 0 Å². The predicted molar refractivity (Wildman–Crippen MR) is 69.9 cm³/mol. The highest BCUT2D eigenvalue weighted by atomic mass is 16.5. The number of carboxylic acids is 1. The number of benzene rings is 1. The fourth-order valence-electron chi connectivity index (χ4n) is 2.16. The first-order valence-corrected chi connectivity index (χ1v) is 6.01. The van der Waals surface area contributed by atoms with E-state index in [2.05, 4.69) is 5.32 Å². The van der Waals surface area contributed by atoms with Gasteiger partial charge in [-0.25, -0.2) is 4.79 Å². The standard InChI is InChI=1S/C13H18N2O3/c1-13(6-3-7-18-13)8-15-10-5-2-4-9(11(10)14)12(16)17/h2,4-5,15H,3,6-8,14H2,1H3,(H,16,17). The number of hydrogen-bond donors (Lipinski definition) is 3. The average molecular weight is 250 g/mol. The monoisotopic (exact) mass is 250 g/mol. The smallest absolute Gasteiger partial charge is 0.337 e. The molecular formula is C13H18N2O3. The molecule has 1 aromatic carbocycles. The lowest BCUT2D eigenvalue weighted by Crippen LogP contribution is -2.32. The van der Waals surface area contributed by atoms with Gasteiger partial charge in [0.2, 0.25) is 0 Å². The number of nitrogen functional groups attached to an aromatic ring is 1. The highest BCUT2D eigenvalue weighted by Crippen LogP contribution is 2.28. The number of ether oxygens (including phenoxy) is 1. The van der Waals surface area contributed by atoms with Crippen molar-refractivity contribution in [2.45, 2.75) is 25.4 Å². The Balaban J connectivity index is 2.10. The highest BCUT2D eigenvalue weighted by Gasteiger charge is 2.29. The van der Waals surface area contributed by atoms with Gasteiger partial charge in [-0.3, -0.25) is 0 Å². The van der Waals surface area contributed by atoms with Gasteiger partial charge in [-0.15, -0.1) is 0 Å². The third kappa shape index (κ3) is 2.56. The summed E-state index contributed by atoms with van der Waals surface area (Å²) in [5, 5.41) is 12.2. The second kappa shape index (κ2) is 4.86. The zero-order valence-corrected chi connectivity index (χ0v) is 10.4. The Labute approximate surface area is 106 Å². The van der Waals surface area contributed by atoms with E-state index in [0.717, 1.165) is 19.4 Å². The number of carbonyl (C=O) groups is 1. The molecule has 1 heterocycles. The number of rotatable bonds is 4. The number of hydrogen-bond acceptors (Lipinski definition) is 4. The number of anilines is 2. The summed E-state index contributed by atoms with van der Waals surface area (Å²) in [5.74, 6) is -1.01. The molecule has 18 heavy (non-hydrogen) atoms. The van der Waals surface area contributed by atoms with E-state index in [0.29, 0.717) is 12.2 Å². The van der Waals surface area contributed by atoms with Crippen molar-refractivity contribution >= 4 is 17.3 Å². The predicted octanol–water partition coefficient (Wildman–Crippen LogP) is 1.95. The normalized spacial score (nSPS) is 22.9. The SMILES string of the molecule is CC1(CNc2cccc(C(=O)O)c2N)CCCO1. The highest BCUT2D eigenvalue weighted by molar-refractivity contribution is 5.97. The van der Waals surface area contributed by atoms with Crippen LogP contribution in [-0.4, -0.2) is 29.8 Å². The van der Waals surface area contributed by atoms with Gasteiger partial charge in [-0.2, -0.15) is 0 Å². The summed E-state index contributed by atoms with van der Waals surface area (Å²) in [4.78, 5) is 11.0. The molecule has 1 atom stereocenters. The minimum atomic E-state index is -1.01. The summed E-state index contributed by atoms with van der Waals surface area (Å²) < 4.78 is 5.66. The Morgan fingerprint density at radius 1 is 1.61 bits per heavy atom. The van der Waals surface area contributed by atoms with E-state index in [1.54, 1.807) is 12.1 Å². The number of nitrogens with two attached hydrogens (primary N) is 1. The molecule has 0 saturated carbocycles. The summed E-state index contributed by atoms with van der Waals surface area (Å²) in [7, 11) is 0. The van der Waals surface area contributed by atoms with Crippen LogP contribution in [0.5, 0.6) is 0 Å². The first-order chi connectivity index (χ1) is 8.52. The molecule has 0 aromatic heterocycles. The molecule has 98 valence electrons. The van der Waals surface area contributed by atoms with Crippen molar-refractivity contribution in [3.8, 4) is 0 Å². The summed E-state index contributed by atoms with van der Waals surface area (Å²) in [6.45, 7) is 3.45. The van der Waals surface area contributed by atoms with Gasteiger partial charge in [-0.1, -0.05) is 6.07 Å². The number of para-hydroxylation sites is 1. The average Bonchev–Trinajstić information content (AvgIpc) is 2.75. The largest absolute Gasteiger partial charge is 0.478 e. The molecule has 0 aliphatic carbocycles. The van der Waals surface area contributed by atoms with Gasteiger partial charge in [0.05, 0.1) is 22.5 Å². The number of carboxylic acid groups (broad SMARTS) is 1. The Kier molecular flexibility index (Phi) is 3.43. The van der Waals surface area contributed by atoms with Crippen molar-refractivity contribution in [3.05, 3.63) is 23.8 Å². The van der Waals surface area contributed by atoms with Crippen molar-refractivity contribution in [2.75, 3.05) is 24.2 Å². The van der Waals surface area contributed by atoms with Crippen molar-refractivity contribution in [2.24, 2.45) is 0 Å². The lowest BCUT2D eigenvalue weighted by molar-refractivity contribution is 0.0315. The van der Waals surface area contributed by atoms with E-state index in [-0.39, 0.29) is 16.9 Å². The van der Waals surface area contributed by atoms with E-state index < -0.39 is 5.97 Å². The molecule has 0 spiro atoms. The lowest BCUT2D eigenvalue weighted by atomic mass is 10.0. The molecular weight excluding hydrogens is 232 g/mol. The molecule has 2 rings (SSSR count). The lowest BCUT2D eigenvalue weighted by Gasteiger charge is -2.24. The van der Waals surface area contributed by atoms with E-state index in [1.807, 2.05) is 6.92 Å². The maximum Gasteiger partial charge on any atom is 0.337 e. The molecule has 1 fully saturated rings. The zero-order valence-electron chi connectivity index (χ0n) is 10.4. The molecule has 0 radical (unpaired) electrons. The van der Waals surface area contributed by atoms with Crippen LogP contribution in [0.2, 0.25) is 0 Å². The van der Waals surface area contributed by atoms with E-state index in [1.165, 1.54) is 6.07 Å². The molecule has 1 saturated heterocycles. The fraction of sp³-hybridized carbons (Fsp3) is 0.462. The van der Waals surface area contributed by atoms with Gasteiger partial charge < -0.3 is 20.9 Å². The maximum atomic E-state index is 11.0. The quantitative estimate of drug-likeness (QED) is 0.711. The molecule has 1 aliphatic heterocycles. The minimum absolute atomic E-state index is 0.123. The molecule has 5 nitrogen and oxygen atoms in total. The van der Waals surface area contributed by atoms with Crippen LogP contribution in [0.25, 0.3) is 0 Å². The van der Waals surface area contributed by atoms with Gasteiger partial charge in [0, 0.05) is 13.2 Å². The third-order valence-electron chi connectivity index (χ3n) is 3.29. The topological polar surface area (TPSA) is 84.6 Å². The van der Waals surface area contributed by atoms with Crippen LogP contribution in [0.4, 0.5) is 11.4 Å². The van der Waals surface area contributed by atoms with Gasteiger partial charge in [-0.05, 0) is 31.9 Å². The summed E-state index contributed by atoms with van der Waals surface area (Å²) in [6.07, 6.45) is 2.06. The van der Waals surface area contributed by atoms with Crippen LogP contribution in [0, 0.1) is 0 Å². The maximum absolute atomic E-state index is 11.0. The van der Waals surface area contributed by atoms with Crippen molar-refractivity contribution in [1.29, 1.82) is 0 Å². The molecule has 0 bridgehead atoms. The van der Waals surface area contributed by atoms with Crippen LogP contribution in [0.3, 0.4) is 0 Å². The molecule has 5 heteroatoms. The van der Waals surface area contributed by atoms with E-state index in [9.17, 15) is 4.79 Å². The summed E-state index contributed by atoms with van der Waals surface area (Å²) in [5.41, 5.74) is 6.68. The van der Waals surface area contributed by atoms with Gasteiger partial charge in [0.1, 0.15) is 0 Å². The van der Waals surface area contributed by atoms with Gasteiger partial charge in [0.25, 0.3) is 0 Å². The van der Waals surface area contributed by atoms with Crippen LogP contribution >= 0.6 is 0 Å². The van der Waals surface area contributed by atoms with Crippen LogP contribution in [0.15, 0.2) is 18.2 Å². The number of nitrogens with one attached hydrogen (secondary N) is 1. The van der Waals surface area contributed by atoms with Crippen LogP contribution in [-0.2, 0) is 4.74 Å². The Bertz CT molecular complexity index is 454. The molecule has 1 aliphatic rings. The van der Waals surface area contributed by atoms with E-state index >= 15 is 0 Å². The minimum Gasteiger partial charge on any atom is -0.478 e. The second-order valence-electron chi connectivity index (χ2n) is 4.83. The Morgan fingerprint density at radius 2 is 2.39 bits per heavy atom. The third-order valence-corrected chi connectivity index (χ3v) is 3.29. The van der Waals surface area contributed by atoms with E-state index in [4.69, 9.17) is 15.6 Å². The molecule has 1 unspecified atom stereocenters. The van der Waals surface area contributed by atoms with Gasteiger partial charge in [0.15, 0.2) is 0 Å². The second-order valence-corrected chi connectivity index (χ2v) is 4.83. The van der Waals surface area contributed by atoms with Crippen LogP contribution < -0.4 is 11.1 Å². The first-order valence-electron chi connectivity index (χ1n) is 6.01. The fourth-order valence-corrected chi connectivity index (χ4v) is 2.16. The Morgan fingerprint density at radius 3 is 3.00 bits per heavy atom. The Hall–Kier alpha value is -1.75. The van der Waals surface area contributed by atoms with Gasteiger partial charge >= 0.3 is 5.97 Å². The van der Waals surface area contributed by atoms with Crippen LogP contribution in [0.1, 0.15) is 30.1 Å². The summed E-state index contributed by atoms with van der Waals surface area (Å²) in [6, 6.07) is 4.96. The molecule has 4 N–H and O–H groups in total. The summed E-state index contributed by atoms with van der Waals surface area (Å²) >= 11 is 0. The molecule has 0 amide bonds.